The smallest absolute Gasteiger partial charge is 0.285 e. The number of carbonyl (C=O) groups excluding carboxylic acids is 4. The Hall–Kier alpha value is -4.51. The van der Waals surface area contributed by atoms with Crippen LogP contribution in [0.5, 0.6) is 5.75 Å². The second-order valence-electron chi connectivity index (χ2n) is 10.1. The molecular formula is C30H34N6O5. The normalized spacial score (nSPS) is 15.1. The van der Waals surface area contributed by atoms with Gasteiger partial charge in [-0.15, -0.1) is 0 Å². The molecular weight excluding hydrogens is 524 g/mol. The van der Waals surface area contributed by atoms with E-state index in [1.807, 2.05) is 24.3 Å². The first-order valence-electron chi connectivity index (χ1n) is 13.9. The summed E-state index contributed by atoms with van der Waals surface area (Å²) in [6.45, 7) is 1.67. The summed E-state index contributed by atoms with van der Waals surface area (Å²) in [4.78, 5) is 57.4. The van der Waals surface area contributed by atoms with Crippen molar-refractivity contribution in [3.05, 3.63) is 65.5 Å². The van der Waals surface area contributed by atoms with Gasteiger partial charge in [-0.3, -0.25) is 24.3 Å². The first-order chi connectivity index (χ1) is 19.9. The molecule has 0 radical (unpaired) electrons. The van der Waals surface area contributed by atoms with Crippen LogP contribution in [0.3, 0.4) is 0 Å². The Bertz CT molecular complexity index is 1430. The van der Waals surface area contributed by atoms with Crippen molar-refractivity contribution in [2.45, 2.75) is 38.5 Å². The molecule has 5 rings (SSSR count). The minimum Gasteiger partial charge on any atom is -0.497 e. The van der Waals surface area contributed by atoms with Crippen LogP contribution < -0.4 is 24.8 Å². The molecule has 0 spiro atoms. The minimum atomic E-state index is -0.584. The SMILES string of the molecule is CNCCCC(=O)N(C(=O)c1n[nH]c2c1CCN(c1ccc(N3CCCCC3=O)cc1)C2=O)c1ccc(OC)cc1. The maximum Gasteiger partial charge on any atom is 0.285 e. The number of carbonyl (C=O) groups is 4. The molecule has 11 nitrogen and oxygen atoms in total. The molecule has 11 heteroatoms. The Morgan fingerprint density at radius 1 is 0.976 bits per heavy atom. The van der Waals surface area contributed by atoms with Gasteiger partial charge in [-0.1, -0.05) is 0 Å². The third-order valence-corrected chi connectivity index (χ3v) is 7.51. The fourth-order valence-electron chi connectivity index (χ4n) is 5.30. The van der Waals surface area contributed by atoms with Gasteiger partial charge in [0.25, 0.3) is 11.8 Å². The summed E-state index contributed by atoms with van der Waals surface area (Å²) in [6, 6.07) is 14.1. The number of aromatic nitrogens is 2. The van der Waals surface area contributed by atoms with Crippen LogP contribution in [-0.4, -0.2) is 67.6 Å². The van der Waals surface area contributed by atoms with E-state index in [1.54, 1.807) is 48.2 Å². The van der Waals surface area contributed by atoms with Gasteiger partial charge < -0.3 is 19.9 Å². The fourth-order valence-corrected chi connectivity index (χ4v) is 5.30. The summed E-state index contributed by atoms with van der Waals surface area (Å²) in [7, 11) is 3.35. The Labute approximate surface area is 238 Å². The lowest BCUT2D eigenvalue weighted by Crippen LogP contribution is -2.40. The van der Waals surface area contributed by atoms with E-state index in [4.69, 9.17) is 4.74 Å². The van der Waals surface area contributed by atoms with Crippen LogP contribution in [0, 0.1) is 0 Å². The van der Waals surface area contributed by atoms with E-state index < -0.39 is 5.91 Å². The van der Waals surface area contributed by atoms with Crippen molar-refractivity contribution in [2.75, 3.05) is 48.5 Å². The number of aromatic amines is 1. The Morgan fingerprint density at radius 3 is 2.34 bits per heavy atom. The maximum atomic E-state index is 13.8. The lowest BCUT2D eigenvalue weighted by atomic mass is 10.0. The molecule has 0 bridgehead atoms. The van der Waals surface area contributed by atoms with Crippen LogP contribution >= 0.6 is 0 Å². The lowest BCUT2D eigenvalue weighted by Gasteiger charge is -2.29. The second-order valence-corrected chi connectivity index (χ2v) is 10.1. The van der Waals surface area contributed by atoms with E-state index in [0.717, 1.165) is 23.4 Å². The molecule has 3 aromatic rings. The van der Waals surface area contributed by atoms with Crippen LogP contribution in [0.2, 0.25) is 0 Å². The van der Waals surface area contributed by atoms with Gasteiger partial charge in [-0.25, -0.2) is 4.90 Å². The molecule has 0 unspecified atom stereocenters. The summed E-state index contributed by atoms with van der Waals surface area (Å²) in [5, 5.41) is 9.99. The highest BCUT2D eigenvalue weighted by molar-refractivity contribution is 6.22. The van der Waals surface area contributed by atoms with Gasteiger partial charge in [0.1, 0.15) is 11.4 Å². The highest BCUT2D eigenvalue weighted by atomic mass is 16.5. The molecule has 2 N–H and O–H groups in total. The third kappa shape index (κ3) is 5.71. The molecule has 2 aliphatic heterocycles. The molecule has 1 aromatic heterocycles. The highest BCUT2D eigenvalue weighted by Crippen LogP contribution is 2.30. The molecule has 1 fully saturated rings. The number of H-pyrrole nitrogens is 1. The number of rotatable bonds is 9. The van der Waals surface area contributed by atoms with Gasteiger partial charge in [0.05, 0.1) is 12.8 Å². The van der Waals surface area contributed by atoms with Crippen LogP contribution in [0.4, 0.5) is 17.1 Å². The number of nitrogens with zero attached hydrogens (tertiary/aromatic N) is 4. The second kappa shape index (κ2) is 12.3. The fraction of sp³-hybridized carbons (Fsp3) is 0.367. The molecule has 4 amide bonds. The summed E-state index contributed by atoms with van der Waals surface area (Å²) >= 11 is 0. The largest absolute Gasteiger partial charge is 0.497 e. The average molecular weight is 559 g/mol. The van der Waals surface area contributed by atoms with Crippen molar-refractivity contribution in [2.24, 2.45) is 0 Å². The zero-order valence-corrected chi connectivity index (χ0v) is 23.3. The number of nitrogens with one attached hydrogen (secondary N) is 2. The predicted octanol–water partition coefficient (Wildman–Crippen LogP) is 3.31. The Kier molecular flexibility index (Phi) is 8.44. The number of hydrogen-bond donors (Lipinski definition) is 2. The topological polar surface area (TPSA) is 128 Å². The number of imide groups is 1. The molecule has 0 atom stereocenters. The van der Waals surface area contributed by atoms with Gasteiger partial charge in [0.2, 0.25) is 11.8 Å². The summed E-state index contributed by atoms with van der Waals surface area (Å²) < 4.78 is 5.22. The Morgan fingerprint density at radius 2 is 1.68 bits per heavy atom. The van der Waals surface area contributed by atoms with Gasteiger partial charge in [0.15, 0.2) is 5.69 Å². The number of piperidine rings is 1. The zero-order valence-electron chi connectivity index (χ0n) is 23.3. The number of benzene rings is 2. The summed E-state index contributed by atoms with van der Waals surface area (Å²) in [5.74, 6) is -0.540. The first-order valence-corrected chi connectivity index (χ1v) is 13.9. The number of amides is 4. The molecule has 1 saturated heterocycles. The van der Waals surface area contributed by atoms with Gasteiger partial charge >= 0.3 is 0 Å². The van der Waals surface area contributed by atoms with E-state index >= 15 is 0 Å². The van der Waals surface area contributed by atoms with Crippen LogP contribution in [0.25, 0.3) is 0 Å². The monoisotopic (exact) mass is 558 g/mol. The van der Waals surface area contributed by atoms with Crippen molar-refractivity contribution in [3.8, 4) is 5.75 Å². The van der Waals surface area contributed by atoms with E-state index in [1.165, 1.54) is 0 Å². The van der Waals surface area contributed by atoms with Crippen LogP contribution in [0.15, 0.2) is 48.5 Å². The van der Waals surface area contributed by atoms with Crippen molar-refractivity contribution in [1.82, 2.24) is 15.5 Å². The van der Waals surface area contributed by atoms with E-state index in [9.17, 15) is 19.2 Å². The van der Waals surface area contributed by atoms with Crippen LogP contribution in [-0.2, 0) is 16.0 Å². The molecule has 2 aliphatic rings. The van der Waals surface area contributed by atoms with Crippen molar-refractivity contribution in [3.63, 3.8) is 0 Å². The third-order valence-electron chi connectivity index (χ3n) is 7.51. The first kappa shape index (κ1) is 28.0. The predicted molar refractivity (Wildman–Crippen MR) is 155 cm³/mol. The molecule has 0 aliphatic carbocycles. The van der Waals surface area contributed by atoms with Crippen molar-refractivity contribution >= 4 is 40.7 Å². The molecule has 0 saturated carbocycles. The summed E-state index contributed by atoms with van der Waals surface area (Å²) in [6.07, 6.45) is 3.54. The number of fused-ring (bicyclic) bond motifs is 1. The lowest BCUT2D eigenvalue weighted by molar-refractivity contribution is -0.119. The van der Waals surface area contributed by atoms with Gasteiger partial charge in [-0.2, -0.15) is 5.10 Å². The number of anilines is 3. The zero-order chi connectivity index (χ0) is 28.9. The molecule has 41 heavy (non-hydrogen) atoms. The highest BCUT2D eigenvalue weighted by Gasteiger charge is 2.35. The maximum absolute atomic E-state index is 13.8. The number of methoxy groups -OCH3 is 1. The van der Waals surface area contributed by atoms with E-state index in [-0.39, 0.29) is 35.5 Å². The molecule has 2 aromatic carbocycles. The van der Waals surface area contributed by atoms with Crippen LogP contribution in [0.1, 0.15) is 58.6 Å². The standard InChI is InChI=1S/C30H34N6O5/c1-31-17-5-7-26(38)36(22-12-14-23(41-2)15-13-22)30(40)28-24-16-19-35(29(39)27(24)32-33-28)21-10-8-20(9-11-21)34-18-4-3-6-25(34)37/h8-15,31H,3-7,16-19H2,1-2H3,(H,32,33). The van der Waals surface area contributed by atoms with Gasteiger partial charge in [-0.05, 0) is 87.8 Å². The van der Waals surface area contributed by atoms with Crippen molar-refractivity contribution in [1.29, 1.82) is 0 Å². The van der Waals surface area contributed by atoms with Crippen molar-refractivity contribution < 1.29 is 23.9 Å². The number of ether oxygens (including phenoxy) is 1. The quantitative estimate of drug-likeness (QED) is 0.386. The van der Waals surface area contributed by atoms with Gasteiger partial charge in [0, 0.05) is 42.9 Å². The van der Waals surface area contributed by atoms with E-state index in [0.29, 0.717) is 61.6 Å². The van der Waals surface area contributed by atoms with E-state index in [2.05, 4.69) is 15.5 Å². The molecule has 3 heterocycles. The minimum absolute atomic E-state index is 0.0599. The Balaban J connectivity index is 1.37. The molecule has 214 valence electrons. The average Bonchev–Trinajstić information content (AvgIpc) is 3.44. The summed E-state index contributed by atoms with van der Waals surface area (Å²) in [5.41, 5.74) is 2.69. The number of hydrogen-bond acceptors (Lipinski definition) is 7.